The summed E-state index contributed by atoms with van der Waals surface area (Å²) in [5.74, 6) is 0.313. The summed E-state index contributed by atoms with van der Waals surface area (Å²) in [4.78, 5) is 11.7. The molecule has 3 heteroatoms. The summed E-state index contributed by atoms with van der Waals surface area (Å²) in [6.07, 6.45) is 4.34. The molecule has 0 bridgehead atoms. The maximum atomic E-state index is 11.7. The predicted molar refractivity (Wildman–Crippen MR) is 62.6 cm³/mol. The van der Waals surface area contributed by atoms with Gasteiger partial charge in [-0.15, -0.1) is 0 Å². The first-order valence-electron chi connectivity index (χ1n) is 6.07. The van der Waals surface area contributed by atoms with Crippen molar-refractivity contribution in [3.63, 3.8) is 0 Å². The second-order valence-electron chi connectivity index (χ2n) is 4.20. The zero-order valence-electron chi connectivity index (χ0n) is 10.3. The van der Waals surface area contributed by atoms with Gasteiger partial charge in [0.05, 0.1) is 6.10 Å². The van der Waals surface area contributed by atoms with Gasteiger partial charge in [-0.2, -0.15) is 0 Å². The first kappa shape index (κ1) is 14.4. The van der Waals surface area contributed by atoms with Crippen LogP contribution in [0.3, 0.4) is 0 Å². The number of aliphatic hydroxyl groups is 1. The predicted octanol–water partition coefficient (Wildman–Crippen LogP) is 2.09. The highest BCUT2D eigenvalue weighted by Crippen LogP contribution is 2.13. The van der Waals surface area contributed by atoms with E-state index in [9.17, 15) is 4.79 Å². The van der Waals surface area contributed by atoms with Crippen molar-refractivity contribution in [2.24, 2.45) is 5.92 Å². The number of hydrogen-bond donors (Lipinski definition) is 2. The molecule has 0 aromatic heterocycles. The van der Waals surface area contributed by atoms with Gasteiger partial charge in [0, 0.05) is 12.5 Å². The van der Waals surface area contributed by atoms with Crippen LogP contribution < -0.4 is 5.32 Å². The van der Waals surface area contributed by atoms with Crippen molar-refractivity contribution in [2.45, 2.75) is 59.0 Å². The number of rotatable bonds is 8. The molecule has 0 heterocycles. The number of carbonyl (C=O) groups is 1. The average Bonchev–Trinajstić information content (AvgIpc) is 2.16. The van der Waals surface area contributed by atoms with Crippen LogP contribution in [0.4, 0.5) is 0 Å². The minimum Gasteiger partial charge on any atom is -0.393 e. The summed E-state index contributed by atoms with van der Waals surface area (Å²) in [5, 5.41) is 11.9. The Kier molecular flexibility index (Phi) is 8.38. The third kappa shape index (κ3) is 7.37. The number of hydrogen-bond acceptors (Lipinski definition) is 2. The summed E-state index contributed by atoms with van der Waals surface area (Å²) in [6, 6.07) is 0. The van der Waals surface area contributed by atoms with Gasteiger partial charge in [-0.05, 0) is 26.2 Å². The van der Waals surface area contributed by atoms with Crippen molar-refractivity contribution < 1.29 is 9.90 Å². The first-order chi connectivity index (χ1) is 7.11. The van der Waals surface area contributed by atoms with Gasteiger partial charge < -0.3 is 10.4 Å². The van der Waals surface area contributed by atoms with Gasteiger partial charge >= 0.3 is 0 Å². The second kappa shape index (κ2) is 8.72. The Balaban J connectivity index is 3.80. The van der Waals surface area contributed by atoms with Crippen LogP contribution >= 0.6 is 0 Å². The van der Waals surface area contributed by atoms with E-state index in [0.717, 1.165) is 25.7 Å². The van der Waals surface area contributed by atoms with Crippen LogP contribution in [-0.4, -0.2) is 23.7 Å². The van der Waals surface area contributed by atoms with E-state index in [1.54, 1.807) is 6.92 Å². The van der Waals surface area contributed by atoms with Crippen molar-refractivity contribution in [1.29, 1.82) is 0 Å². The van der Waals surface area contributed by atoms with Gasteiger partial charge in [0.1, 0.15) is 0 Å². The minimum absolute atomic E-state index is 0.152. The van der Waals surface area contributed by atoms with Gasteiger partial charge in [-0.25, -0.2) is 0 Å². The van der Waals surface area contributed by atoms with Crippen LogP contribution in [0, 0.1) is 5.92 Å². The molecule has 0 saturated carbocycles. The van der Waals surface area contributed by atoms with Gasteiger partial charge in [0.2, 0.25) is 5.91 Å². The summed E-state index contributed by atoms with van der Waals surface area (Å²) in [7, 11) is 0. The molecule has 0 aliphatic heterocycles. The van der Waals surface area contributed by atoms with E-state index in [0.29, 0.717) is 13.0 Å². The molecule has 1 atom stereocenters. The Morgan fingerprint density at radius 2 is 1.73 bits per heavy atom. The molecule has 3 nitrogen and oxygen atoms in total. The van der Waals surface area contributed by atoms with Crippen molar-refractivity contribution in [1.82, 2.24) is 5.32 Å². The standard InChI is InChI=1S/C12H25NO2/c1-4-6-11(7-5-2)12(15)13-9-8-10(3)14/h10-11,14H,4-9H2,1-3H3,(H,13,15). The molecule has 0 saturated heterocycles. The third-order valence-electron chi connectivity index (χ3n) is 2.51. The highest BCUT2D eigenvalue weighted by atomic mass is 16.3. The molecular formula is C12H25NO2. The van der Waals surface area contributed by atoms with Gasteiger partial charge in [-0.3, -0.25) is 4.79 Å². The van der Waals surface area contributed by atoms with E-state index in [1.165, 1.54) is 0 Å². The van der Waals surface area contributed by atoms with E-state index in [2.05, 4.69) is 19.2 Å². The molecule has 0 radical (unpaired) electrons. The summed E-state index contributed by atoms with van der Waals surface area (Å²) >= 11 is 0. The largest absolute Gasteiger partial charge is 0.393 e. The third-order valence-corrected chi connectivity index (χ3v) is 2.51. The van der Waals surface area contributed by atoms with E-state index in [1.807, 2.05) is 0 Å². The van der Waals surface area contributed by atoms with Crippen molar-refractivity contribution in [3.05, 3.63) is 0 Å². The Bertz CT molecular complexity index is 163. The molecule has 90 valence electrons. The SMILES string of the molecule is CCCC(CCC)C(=O)NCCC(C)O. The Hall–Kier alpha value is -0.570. The highest BCUT2D eigenvalue weighted by Gasteiger charge is 2.15. The molecule has 0 fully saturated rings. The Morgan fingerprint density at radius 3 is 2.13 bits per heavy atom. The van der Waals surface area contributed by atoms with Crippen LogP contribution in [-0.2, 0) is 4.79 Å². The molecule has 0 aliphatic rings. The van der Waals surface area contributed by atoms with Gasteiger partial charge in [0.15, 0.2) is 0 Å². The molecule has 2 N–H and O–H groups in total. The Morgan fingerprint density at radius 1 is 1.20 bits per heavy atom. The van der Waals surface area contributed by atoms with E-state index < -0.39 is 0 Å². The Labute approximate surface area is 93.3 Å². The maximum Gasteiger partial charge on any atom is 0.223 e. The molecule has 1 amide bonds. The summed E-state index contributed by atoms with van der Waals surface area (Å²) in [5.41, 5.74) is 0. The minimum atomic E-state index is -0.332. The normalized spacial score (nSPS) is 12.9. The topological polar surface area (TPSA) is 49.3 Å². The van der Waals surface area contributed by atoms with Crippen LogP contribution in [0.15, 0.2) is 0 Å². The lowest BCUT2D eigenvalue weighted by Gasteiger charge is -2.15. The zero-order chi connectivity index (χ0) is 11.7. The maximum absolute atomic E-state index is 11.7. The molecular weight excluding hydrogens is 190 g/mol. The lowest BCUT2D eigenvalue weighted by Crippen LogP contribution is -2.32. The number of carbonyl (C=O) groups excluding carboxylic acids is 1. The van der Waals surface area contributed by atoms with Crippen molar-refractivity contribution in [3.8, 4) is 0 Å². The molecule has 0 aromatic rings. The van der Waals surface area contributed by atoms with Crippen molar-refractivity contribution >= 4 is 5.91 Å². The monoisotopic (exact) mass is 215 g/mol. The van der Waals surface area contributed by atoms with Crippen LogP contribution in [0.25, 0.3) is 0 Å². The quantitative estimate of drug-likeness (QED) is 0.651. The van der Waals surface area contributed by atoms with E-state index in [4.69, 9.17) is 5.11 Å². The van der Waals surface area contributed by atoms with E-state index >= 15 is 0 Å². The molecule has 0 spiro atoms. The van der Waals surface area contributed by atoms with Gasteiger partial charge in [-0.1, -0.05) is 26.7 Å². The average molecular weight is 215 g/mol. The first-order valence-corrected chi connectivity index (χ1v) is 6.07. The van der Waals surface area contributed by atoms with E-state index in [-0.39, 0.29) is 17.9 Å². The highest BCUT2D eigenvalue weighted by molar-refractivity contribution is 5.78. The zero-order valence-corrected chi connectivity index (χ0v) is 10.3. The van der Waals surface area contributed by atoms with Crippen LogP contribution in [0.2, 0.25) is 0 Å². The molecule has 1 unspecified atom stereocenters. The number of amides is 1. The smallest absolute Gasteiger partial charge is 0.223 e. The molecule has 0 rings (SSSR count). The van der Waals surface area contributed by atoms with Crippen molar-refractivity contribution in [2.75, 3.05) is 6.54 Å². The fraction of sp³-hybridized carbons (Fsp3) is 0.917. The molecule has 15 heavy (non-hydrogen) atoms. The second-order valence-corrected chi connectivity index (χ2v) is 4.20. The fourth-order valence-electron chi connectivity index (χ4n) is 1.65. The lowest BCUT2D eigenvalue weighted by molar-refractivity contribution is -0.125. The van der Waals surface area contributed by atoms with Crippen LogP contribution in [0.1, 0.15) is 52.9 Å². The number of nitrogens with one attached hydrogen (secondary N) is 1. The summed E-state index contributed by atoms with van der Waals surface area (Å²) in [6.45, 7) is 6.53. The fourth-order valence-corrected chi connectivity index (χ4v) is 1.65. The molecule has 0 aliphatic carbocycles. The summed E-state index contributed by atoms with van der Waals surface area (Å²) < 4.78 is 0. The lowest BCUT2D eigenvalue weighted by atomic mass is 9.97. The molecule has 0 aromatic carbocycles. The van der Waals surface area contributed by atoms with Crippen LogP contribution in [0.5, 0.6) is 0 Å². The number of aliphatic hydroxyl groups excluding tert-OH is 1. The van der Waals surface area contributed by atoms with Gasteiger partial charge in [0.25, 0.3) is 0 Å².